The quantitative estimate of drug-likeness (QED) is 0.424. The van der Waals surface area contributed by atoms with E-state index in [9.17, 15) is 9.59 Å². The summed E-state index contributed by atoms with van der Waals surface area (Å²) in [7, 11) is 0. The van der Waals surface area contributed by atoms with E-state index in [2.05, 4.69) is 16.6 Å². The molecule has 0 aliphatic rings. The predicted molar refractivity (Wildman–Crippen MR) is 114 cm³/mol. The molecule has 152 valence electrons. The van der Waals surface area contributed by atoms with Crippen molar-refractivity contribution in [1.82, 2.24) is 0 Å². The van der Waals surface area contributed by atoms with Crippen molar-refractivity contribution < 1.29 is 19.1 Å². The van der Waals surface area contributed by atoms with Crippen molar-refractivity contribution in [3.8, 4) is 0 Å². The van der Waals surface area contributed by atoms with Gasteiger partial charge in [0, 0.05) is 24.0 Å². The van der Waals surface area contributed by atoms with Gasteiger partial charge >= 0.3 is 11.9 Å². The van der Waals surface area contributed by atoms with Crippen LogP contribution < -0.4 is 11.1 Å². The Morgan fingerprint density at radius 1 is 0.964 bits per heavy atom. The van der Waals surface area contributed by atoms with Gasteiger partial charge in [0.05, 0.1) is 19.6 Å². The van der Waals surface area contributed by atoms with Gasteiger partial charge in [-0.05, 0) is 38.1 Å². The van der Waals surface area contributed by atoms with Gasteiger partial charge in [0.15, 0.2) is 0 Å². The maximum absolute atomic E-state index is 11.0. The van der Waals surface area contributed by atoms with Gasteiger partial charge in [-0.25, -0.2) is 4.79 Å². The van der Waals surface area contributed by atoms with Crippen LogP contribution in [0.2, 0.25) is 0 Å². The lowest BCUT2D eigenvalue weighted by Gasteiger charge is -2.05. The average molecular weight is 386 g/mol. The lowest BCUT2D eigenvalue weighted by molar-refractivity contribution is -0.142. The van der Waals surface area contributed by atoms with E-state index < -0.39 is 0 Å². The van der Waals surface area contributed by atoms with E-state index in [-0.39, 0.29) is 11.9 Å². The number of rotatable bonds is 7. The predicted octanol–water partition coefficient (Wildman–Crippen LogP) is 4.06. The van der Waals surface area contributed by atoms with Gasteiger partial charge in [0.2, 0.25) is 0 Å². The van der Waals surface area contributed by atoms with Gasteiger partial charge in [0.1, 0.15) is 0 Å². The maximum Gasteiger partial charge on any atom is 0.330 e. The van der Waals surface area contributed by atoms with Gasteiger partial charge in [0.25, 0.3) is 0 Å². The van der Waals surface area contributed by atoms with Crippen molar-refractivity contribution >= 4 is 23.3 Å². The number of ether oxygens (including phenoxy) is 2. The number of hydrogen-bond acceptors (Lipinski definition) is 6. The van der Waals surface area contributed by atoms with Crippen LogP contribution in [0.25, 0.3) is 0 Å². The number of carbonyl (C=O) groups is 2. The third-order valence-electron chi connectivity index (χ3n) is 2.99. The summed E-state index contributed by atoms with van der Waals surface area (Å²) in [4.78, 5) is 21.0. The fourth-order valence-corrected chi connectivity index (χ4v) is 1.75. The van der Waals surface area contributed by atoms with Crippen molar-refractivity contribution in [2.24, 2.45) is 0 Å². The van der Waals surface area contributed by atoms with Crippen LogP contribution in [-0.2, 0) is 19.1 Å². The van der Waals surface area contributed by atoms with Crippen molar-refractivity contribution in [2.45, 2.75) is 20.3 Å². The van der Waals surface area contributed by atoms with E-state index in [4.69, 9.17) is 10.5 Å². The number of nitrogen functional groups attached to an aromatic ring is 1. The molecule has 0 aliphatic heterocycles. The second-order valence-electron chi connectivity index (χ2n) is 5.21. The molecule has 0 saturated carbocycles. The Kier molecular flexibility index (Phi) is 15.1. The summed E-state index contributed by atoms with van der Waals surface area (Å²) in [6.07, 6.45) is 1.55. The molecule has 0 unspecified atom stereocenters. The second kappa shape index (κ2) is 17.1. The zero-order chi connectivity index (χ0) is 21.0. The van der Waals surface area contributed by atoms with Crippen LogP contribution in [0.1, 0.15) is 20.3 Å². The zero-order valence-corrected chi connectivity index (χ0v) is 16.6. The second-order valence-corrected chi connectivity index (χ2v) is 5.21. The monoisotopic (exact) mass is 386 g/mol. The molecular weight excluding hydrogens is 356 g/mol. The van der Waals surface area contributed by atoms with Gasteiger partial charge in [-0.15, -0.1) is 0 Å². The van der Waals surface area contributed by atoms with Crippen LogP contribution in [-0.4, -0.2) is 31.7 Å². The standard InChI is InChI=1S/C11H15NO2.C6H7N.C5H8O2/c1-2-14-11(13)8-9-12-10-6-4-3-5-7-10;7-6-4-2-1-3-5-6;1-3-5(6)7-4-2/h3-7,12H,2,8-9H2,1H3;1-5H,7H2;3H,1,4H2,2H3. The normalized spacial score (nSPS) is 8.79. The minimum absolute atomic E-state index is 0.157. The van der Waals surface area contributed by atoms with Crippen LogP contribution in [0, 0.1) is 0 Å². The number of esters is 2. The Morgan fingerprint density at radius 3 is 1.89 bits per heavy atom. The van der Waals surface area contributed by atoms with E-state index in [1.165, 1.54) is 0 Å². The molecule has 6 nitrogen and oxygen atoms in total. The van der Waals surface area contributed by atoms with Crippen LogP contribution >= 0.6 is 0 Å². The van der Waals surface area contributed by atoms with Crippen LogP contribution in [0.5, 0.6) is 0 Å². The zero-order valence-electron chi connectivity index (χ0n) is 16.6. The van der Waals surface area contributed by atoms with Gasteiger partial charge in [-0.2, -0.15) is 0 Å². The Balaban J connectivity index is 0.000000437. The smallest absolute Gasteiger partial charge is 0.330 e. The van der Waals surface area contributed by atoms with Gasteiger partial charge < -0.3 is 20.5 Å². The number of anilines is 2. The lowest BCUT2D eigenvalue weighted by Crippen LogP contribution is -2.11. The molecule has 0 radical (unpaired) electrons. The highest BCUT2D eigenvalue weighted by atomic mass is 16.5. The van der Waals surface area contributed by atoms with Gasteiger partial charge in [-0.1, -0.05) is 43.0 Å². The third kappa shape index (κ3) is 15.0. The first-order valence-corrected chi connectivity index (χ1v) is 9.07. The van der Waals surface area contributed by atoms with E-state index in [0.717, 1.165) is 17.5 Å². The number of benzene rings is 2. The topological polar surface area (TPSA) is 90.6 Å². The highest BCUT2D eigenvalue weighted by molar-refractivity contribution is 5.81. The molecule has 2 aromatic carbocycles. The fourth-order valence-electron chi connectivity index (χ4n) is 1.75. The molecule has 0 atom stereocenters. The molecular formula is C22H30N2O4. The summed E-state index contributed by atoms with van der Waals surface area (Å²) < 4.78 is 9.23. The Bertz CT molecular complexity index is 661. The summed E-state index contributed by atoms with van der Waals surface area (Å²) in [5, 5.41) is 3.13. The highest BCUT2D eigenvalue weighted by Crippen LogP contribution is 2.04. The molecule has 0 bridgehead atoms. The van der Waals surface area contributed by atoms with Crippen LogP contribution in [0.4, 0.5) is 11.4 Å². The van der Waals surface area contributed by atoms with Crippen LogP contribution in [0.3, 0.4) is 0 Å². The van der Waals surface area contributed by atoms with E-state index in [0.29, 0.717) is 26.2 Å². The molecule has 3 N–H and O–H groups in total. The molecule has 0 fully saturated rings. The molecule has 28 heavy (non-hydrogen) atoms. The Hall–Kier alpha value is -3.28. The number of carbonyl (C=O) groups excluding carboxylic acids is 2. The first-order valence-electron chi connectivity index (χ1n) is 9.07. The first-order chi connectivity index (χ1) is 13.5. The van der Waals surface area contributed by atoms with Crippen molar-refractivity contribution in [2.75, 3.05) is 30.8 Å². The number of hydrogen-bond donors (Lipinski definition) is 2. The molecule has 6 heteroatoms. The average Bonchev–Trinajstić information content (AvgIpc) is 2.71. The lowest BCUT2D eigenvalue weighted by atomic mass is 10.3. The summed E-state index contributed by atoms with van der Waals surface area (Å²) in [6, 6.07) is 19.3. The van der Waals surface area contributed by atoms with Crippen molar-refractivity contribution in [1.29, 1.82) is 0 Å². The molecule has 2 aromatic rings. The molecule has 0 aromatic heterocycles. The highest BCUT2D eigenvalue weighted by Gasteiger charge is 1.99. The number of para-hydroxylation sites is 2. The maximum atomic E-state index is 11.0. The fraction of sp³-hybridized carbons (Fsp3) is 0.273. The summed E-state index contributed by atoms with van der Waals surface area (Å²) in [5.74, 6) is -0.515. The van der Waals surface area contributed by atoms with E-state index >= 15 is 0 Å². The van der Waals surface area contributed by atoms with E-state index in [1.807, 2.05) is 67.6 Å². The SMILES string of the molecule is C=CC(=O)OCC.CCOC(=O)CCNc1ccccc1.Nc1ccccc1. The first kappa shape index (κ1) is 24.7. The largest absolute Gasteiger partial charge is 0.466 e. The minimum Gasteiger partial charge on any atom is -0.466 e. The molecule has 0 amide bonds. The summed E-state index contributed by atoms with van der Waals surface area (Å²) in [6.45, 7) is 8.25. The molecule has 0 aliphatic carbocycles. The van der Waals surface area contributed by atoms with Crippen molar-refractivity contribution in [3.63, 3.8) is 0 Å². The van der Waals surface area contributed by atoms with E-state index in [1.54, 1.807) is 6.92 Å². The molecule has 0 spiro atoms. The Labute approximate surface area is 167 Å². The summed E-state index contributed by atoms with van der Waals surface area (Å²) in [5.41, 5.74) is 7.20. The number of nitrogens with two attached hydrogens (primary N) is 1. The third-order valence-corrected chi connectivity index (χ3v) is 2.99. The van der Waals surface area contributed by atoms with Gasteiger partial charge in [-0.3, -0.25) is 4.79 Å². The minimum atomic E-state index is -0.359. The molecule has 0 saturated heterocycles. The van der Waals surface area contributed by atoms with Crippen LogP contribution in [0.15, 0.2) is 73.3 Å². The molecule has 0 heterocycles. The Morgan fingerprint density at radius 2 is 1.50 bits per heavy atom. The summed E-state index contributed by atoms with van der Waals surface area (Å²) >= 11 is 0. The number of nitrogens with one attached hydrogen (secondary N) is 1. The molecule has 2 rings (SSSR count). The van der Waals surface area contributed by atoms with Crippen molar-refractivity contribution in [3.05, 3.63) is 73.3 Å².